The van der Waals surface area contributed by atoms with Gasteiger partial charge in [-0.3, -0.25) is 0 Å². The lowest BCUT2D eigenvalue weighted by molar-refractivity contribution is -0.410. The largest absolute Gasteiger partial charge is 0.343 e. The van der Waals surface area contributed by atoms with Crippen LogP contribution in [0.25, 0.3) is 0 Å². The molecule has 0 unspecified atom stereocenters. The van der Waals surface area contributed by atoms with E-state index in [0.29, 0.717) is 0 Å². The minimum Gasteiger partial charge on any atom is -0.343 e. The lowest BCUT2D eigenvalue weighted by Crippen LogP contribution is -2.60. The molecule has 0 bridgehead atoms. The minimum atomic E-state index is -2.68. The highest BCUT2D eigenvalue weighted by molar-refractivity contribution is 4.99. The number of hydrogen-bond donors (Lipinski definition) is 3. The predicted molar refractivity (Wildman–Crippen MR) is 56.4 cm³/mol. The fourth-order valence-electron chi connectivity index (χ4n) is 2.13. The predicted octanol–water partition coefficient (Wildman–Crippen LogP) is 1.72. The van der Waals surface area contributed by atoms with E-state index >= 15 is 0 Å². The molecule has 0 heterocycles. The van der Waals surface area contributed by atoms with Crippen molar-refractivity contribution in [3.8, 4) is 0 Å². The number of aliphatic hydroxyl groups is 3. The molecule has 0 amide bonds. The average Bonchev–Trinajstić information content (AvgIpc) is 1.77. The molecule has 0 aromatic rings. The molecule has 0 spiro atoms. The molecule has 3 N–H and O–H groups in total. The molecule has 0 fully saturated rings. The Bertz CT molecular complexity index is 164. The van der Waals surface area contributed by atoms with Crippen molar-refractivity contribution < 1.29 is 15.3 Å². The van der Waals surface area contributed by atoms with E-state index in [1.165, 1.54) is 0 Å². The van der Waals surface area contributed by atoms with E-state index in [2.05, 4.69) is 0 Å². The molecule has 0 saturated carbocycles. The van der Waals surface area contributed by atoms with E-state index < -0.39 is 22.2 Å². The van der Waals surface area contributed by atoms with Crippen LogP contribution in [0.5, 0.6) is 0 Å². The van der Waals surface area contributed by atoms with Gasteiger partial charge in [0.1, 0.15) is 0 Å². The van der Waals surface area contributed by atoms with Crippen LogP contribution in [0.1, 0.15) is 48.5 Å². The Morgan fingerprint density at radius 1 is 0.571 bits per heavy atom. The third-order valence-electron chi connectivity index (χ3n) is 3.67. The molecule has 0 radical (unpaired) electrons. The van der Waals surface area contributed by atoms with E-state index in [1.807, 2.05) is 41.5 Å². The molecular formula is C11H24O3. The van der Waals surface area contributed by atoms with E-state index in [9.17, 15) is 15.3 Å². The SMILES string of the molecule is CC(C)(C)C(C)(C(C)(C)C)C(O)(O)O. The minimum absolute atomic E-state index is 0.427. The Balaban J connectivity index is 5.54. The van der Waals surface area contributed by atoms with Gasteiger partial charge in [0, 0.05) is 0 Å². The quantitative estimate of drug-likeness (QED) is 0.570. The first-order valence-corrected chi connectivity index (χ1v) is 4.92. The second kappa shape index (κ2) is 3.19. The molecule has 3 heteroatoms. The summed E-state index contributed by atoms with van der Waals surface area (Å²) in [5, 5.41) is 28.6. The van der Waals surface area contributed by atoms with Crippen LogP contribution in [-0.2, 0) is 0 Å². The second-order valence-electron chi connectivity index (χ2n) is 6.26. The highest BCUT2D eigenvalue weighted by Gasteiger charge is 2.59. The molecule has 0 aliphatic rings. The van der Waals surface area contributed by atoms with E-state index in [1.54, 1.807) is 6.92 Å². The lowest BCUT2D eigenvalue weighted by atomic mass is 9.53. The van der Waals surface area contributed by atoms with Crippen LogP contribution >= 0.6 is 0 Å². The highest BCUT2D eigenvalue weighted by atomic mass is 16.7. The summed E-state index contributed by atoms with van der Waals surface area (Å²) in [6, 6.07) is 0. The maximum absolute atomic E-state index is 9.52. The standard InChI is InChI=1S/C11H24O3/c1-8(2,3)10(7,9(4,5)6)11(12,13)14/h12-14H,1-7H3. The van der Waals surface area contributed by atoms with Crippen LogP contribution < -0.4 is 0 Å². The molecule has 0 aliphatic carbocycles. The molecule has 86 valence electrons. The third-order valence-corrected chi connectivity index (χ3v) is 3.67. The molecule has 0 aromatic carbocycles. The summed E-state index contributed by atoms with van der Waals surface area (Å²) in [6.07, 6.45) is 0. The number of hydrogen-bond acceptors (Lipinski definition) is 3. The van der Waals surface area contributed by atoms with E-state index in [-0.39, 0.29) is 0 Å². The first kappa shape index (κ1) is 13.9. The van der Waals surface area contributed by atoms with Gasteiger partial charge in [-0.15, -0.1) is 0 Å². The number of rotatable bonds is 1. The van der Waals surface area contributed by atoms with Gasteiger partial charge in [-0.2, -0.15) is 0 Å². The zero-order chi connectivity index (χ0) is 12.0. The monoisotopic (exact) mass is 204 g/mol. The van der Waals surface area contributed by atoms with Crippen LogP contribution in [0, 0.1) is 16.2 Å². The molecule has 3 nitrogen and oxygen atoms in total. The van der Waals surface area contributed by atoms with Gasteiger partial charge < -0.3 is 15.3 Å². The van der Waals surface area contributed by atoms with Gasteiger partial charge in [0.2, 0.25) is 0 Å². The van der Waals surface area contributed by atoms with Crippen LogP contribution in [0.2, 0.25) is 0 Å². The molecule has 0 aromatic heterocycles. The van der Waals surface area contributed by atoms with Crippen molar-refractivity contribution in [3.63, 3.8) is 0 Å². The van der Waals surface area contributed by atoms with Crippen molar-refractivity contribution in [1.29, 1.82) is 0 Å². The Morgan fingerprint density at radius 2 is 0.786 bits per heavy atom. The van der Waals surface area contributed by atoms with Crippen molar-refractivity contribution in [2.75, 3.05) is 0 Å². The molecule has 0 atom stereocenters. The van der Waals surface area contributed by atoms with Gasteiger partial charge in [-0.05, 0) is 10.8 Å². The van der Waals surface area contributed by atoms with Crippen molar-refractivity contribution in [2.24, 2.45) is 16.2 Å². The molecule has 0 aliphatic heterocycles. The first-order valence-electron chi connectivity index (χ1n) is 4.92. The van der Waals surface area contributed by atoms with Crippen molar-refractivity contribution in [1.82, 2.24) is 0 Å². The highest BCUT2D eigenvalue weighted by Crippen LogP contribution is 2.55. The molecule has 0 saturated heterocycles. The molecular weight excluding hydrogens is 180 g/mol. The summed E-state index contributed by atoms with van der Waals surface area (Å²) in [5.74, 6) is -2.68. The Morgan fingerprint density at radius 3 is 0.786 bits per heavy atom. The van der Waals surface area contributed by atoms with Crippen molar-refractivity contribution >= 4 is 0 Å². The van der Waals surface area contributed by atoms with Crippen LogP contribution in [0.4, 0.5) is 0 Å². The summed E-state index contributed by atoms with van der Waals surface area (Å²) < 4.78 is 0. The average molecular weight is 204 g/mol. The zero-order valence-electron chi connectivity index (χ0n) is 10.3. The van der Waals surface area contributed by atoms with Gasteiger partial charge in [0.15, 0.2) is 0 Å². The fraction of sp³-hybridized carbons (Fsp3) is 1.00. The van der Waals surface area contributed by atoms with E-state index in [0.717, 1.165) is 0 Å². The van der Waals surface area contributed by atoms with Crippen LogP contribution in [0.15, 0.2) is 0 Å². The van der Waals surface area contributed by atoms with Gasteiger partial charge in [0.25, 0.3) is 5.97 Å². The smallest absolute Gasteiger partial charge is 0.282 e. The summed E-state index contributed by atoms with van der Waals surface area (Å²) in [4.78, 5) is 0. The van der Waals surface area contributed by atoms with Crippen LogP contribution in [-0.4, -0.2) is 21.3 Å². The topological polar surface area (TPSA) is 60.7 Å². The summed E-state index contributed by atoms with van der Waals surface area (Å²) in [5.41, 5.74) is -1.88. The van der Waals surface area contributed by atoms with Crippen molar-refractivity contribution in [3.05, 3.63) is 0 Å². The fourth-order valence-corrected chi connectivity index (χ4v) is 2.13. The van der Waals surface area contributed by atoms with E-state index in [4.69, 9.17) is 0 Å². The van der Waals surface area contributed by atoms with Gasteiger partial charge in [0.05, 0.1) is 5.41 Å². The molecule has 14 heavy (non-hydrogen) atoms. The first-order chi connectivity index (χ1) is 5.75. The maximum Gasteiger partial charge on any atom is 0.282 e. The summed E-state index contributed by atoms with van der Waals surface area (Å²) in [7, 11) is 0. The summed E-state index contributed by atoms with van der Waals surface area (Å²) in [6.45, 7) is 13.0. The van der Waals surface area contributed by atoms with Gasteiger partial charge in [-0.25, -0.2) is 0 Å². The molecule has 0 rings (SSSR count). The maximum atomic E-state index is 9.52. The zero-order valence-corrected chi connectivity index (χ0v) is 10.3. The lowest BCUT2D eigenvalue weighted by Gasteiger charge is -2.54. The second-order valence-corrected chi connectivity index (χ2v) is 6.26. The Labute approximate surface area is 86.8 Å². The third kappa shape index (κ3) is 1.95. The normalized spacial score (nSPS) is 15.9. The summed E-state index contributed by atoms with van der Waals surface area (Å²) >= 11 is 0. The van der Waals surface area contributed by atoms with Crippen LogP contribution in [0.3, 0.4) is 0 Å². The van der Waals surface area contributed by atoms with Gasteiger partial charge in [-0.1, -0.05) is 48.5 Å². The van der Waals surface area contributed by atoms with Gasteiger partial charge >= 0.3 is 0 Å². The Kier molecular flexibility index (Phi) is 3.16. The van der Waals surface area contributed by atoms with Crippen molar-refractivity contribution in [2.45, 2.75) is 54.4 Å². The Hall–Kier alpha value is -0.120.